The van der Waals surface area contributed by atoms with E-state index in [0.717, 1.165) is 18.8 Å². The Labute approximate surface area is 137 Å². The van der Waals surface area contributed by atoms with Crippen LogP contribution in [0.2, 0.25) is 0 Å². The van der Waals surface area contributed by atoms with E-state index in [2.05, 4.69) is 10.3 Å². The SMILES string of the molecule is CCN(CC)C(=O)CCN=C(N)Nc1ccccc1.I. The number of carbonyl (C=O) groups excluding carboxylic acids is 1. The van der Waals surface area contributed by atoms with Crippen LogP contribution in [-0.2, 0) is 4.79 Å². The van der Waals surface area contributed by atoms with Gasteiger partial charge in [0.15, 0.2) is 5.96 Å². The fourth-order valence-corrected chi connectivity index (χ4v) is 1.72. The average Bonchev–Trinajstić information content (AvgIpc) is 2.41. The first-order valence-corrected chi connectivity index (χ1v) is 6.57. The number of halogens is 1. The van der Waals surface area contributed by atoms with Crippen molar-refractivity contribution in [3.8, 4) is 0 Å². The number of carbonyl (C=O) groups is 1. The summed E-state index contributed by atoms with van der Waals surface area (Å²) in [6.45, 7) is 5.81. The maximum absolute atomic E-state index is 11.7. The Morgan fingerprint density at radius 2 is 1.85 bits per heavy atom. The molecule has 0 atom stereocenters. The summed E-state index contributed by atoms with van der Waals surface area (Å²) in [7, 11) is 0. The number of anilines is 1. The second-order valence-corrected chi connectivity index (χ2v) is 4.07. The molecule has 1 aromatic carbocycles. The standard InChI is InChI=1S/C14H22N4O.HI/c1-3-18(4-2)13(19)10-11-16-14(15)17-12-8-6-5-7-9-12;/h5-9H,3-4,10-11H2,1-2H3,(H3,15,16,17);1H. The highest BCUT2D eigenvalue weighted by atomic mass is 127. The molecular weight excluding hydrogens is 367 g/mol. The average molecular weight is 390 g/mol. The molecule has 3 N–H and O–H groups in total. The molecule has 0 aromatic heterocycles. The van der Waals surface area contributed by atoms with Crippen LogP contribution in [0.1, 0.15) is 20.3 Å². The Hall–Kier alpha value is -1.31. The van der Waals surface area contributed by atoms with Crippen molar-refractivity contribution in [2.75, 3.05) is 25.0 Å². The highest BCUT2D eigenvalue weighted by Crippen LogP contribution is 2.03. The highest BCUT2D eigenvalue weighted by molar-refractivity contribution is 14.0. The molecule has 0 aliphatic rings. The van der Waals surface area contributed by atoms with Crippen molar-refractivity contribution < 1.29 is 4.79 Å². The predicted octanol–water partition coefficient (Wildman–Crippen LogP) is 2.29. The van der Waals surface area contributed by atoms with Gasteiger partial charge in [-0.1, -0.05) is 18.2 Å². The first-order valence-electron chi connectivity index (χ1n) is 6.57. The van der Waals surface area contributed by atoms with E-state index in [-0.39, 0.29) is 29.9 Å². The van der Waals surface area contributed by atoms with Gasteiger partial charge >= 0.3 is 0 Å². The predicted molar refractivity (Wildman–Crippen MR) is 94.5 cm³/mol. The second-order valence-electron chi connectivity index (χ2n) is 4.07. The lowest BCUT2D eigenvalue weighted by atomic mass is 10.3. The fourth-order valence-electron chi connectivity index (χ4n) is 1.72. The number of aliphatic imine (C=N–C) groups is 1. The Morgan fingerprint density at radius 1 is 1.25 bits per heavy atom. The van der Waals surface area contributed by atoms with Gasteiger partial charge in [-0.15, -0.1) is 24.0 Å². The molecule has 0 heterocycles. The monoisotopic (exact) mass is 390 g/mol. The molecule has 0 aliphatic heterocycles. The van der Waals surface area contributed by atoms with Crippen LogP contribution < -0.4 is 11.1 Å². The zero-order valence-corrected chi connectivity index (χ0v) is 14.3. The van der Waals surface area contributed by atoms with E-state index < -0.39 is 0 Å². The summed E-state index contributed by atoms with van der Waals surface area (Å²) in [5.41, 5.74) is 6.63. The van der Waals surface area contributed by atoms with Crippen LogP contribution >= 0.6 is 24.0 Å². The number of nitrogens with one attached hydrogen (secondary N) is 1. The van der Waals surface area contributed by atoms with E-state index in [1.54, 1.807) is 4.90 Å². The molecule has 0 spiro atoms. The molecule has 0 unspecified atom stereocenters. The maximum atomic E-state index is 11.7. The first-order chi connectivity index (χ1) is 9.17. The normalized spacial score (nSPS) is 10.6. The zero-order valence-electron chi connectivity index (χ0n) is 12.0. The lowest BCUT2D eigenvalue weighted by Gasteiger charge is -2.17. The zero-order chi connectivity index (χ0) is 14.1. The topological polar surface area (TPSA) is 70.7 Å². The minimum Gasteiger partial charge on any atom is -0.370 e. The summed E-state index contributed by atoms with van der Waals surface area (Å²) in [5.74, 6) is 0.444. The summed E-state index contributed by atoms with van der Waals surface area (Å²) in [6.07, 6.45) is 0.388. The number of amides is 1. The van der Waals surface area contributed by atoms with Gasteiger partial charge in [-0.05, 0) is 26.0 Å². The third kappa shape index (κ3) is 6.74. The molecule has 0 radical (unpaired) electrons. The molecule has 112 valence electrons. The van der Waals surface area contributed by atoms with Gasteiger partial charge in [-0.25, -0.2) is 0 Å². The molecule has 0 saturated heterocycles. The Bertz CT molecular complexity index is 418. The van der Waals surface area contributed by atoms with Crippen molar-refractivity contribution in [2.24, 2.45) is 10.7 Å². The van der Waals surface area contributed by atoms with E-state index >= 15 is 0 Å². The first kappa shape index (κ1) is 18.7. The van der Waals surface area contributed by atoms with E-state index in [1.165, 1.54) is 0 Å². The molecule has 0 fully saturated rings. The molecule has 6 heteroatoms. The van der Waals surface area contributed by atoms with Gasteiger partial charge in [0, 0.05) is 25.2 Å². The van der Waals surface area contributed by atoms with E-state index in [9.17, 15) is 4.79 Å². The highest BCUT2D eigenvalue weighted by Gasteiger charge is 2.08. The molecule has 0 aliphatic carbocycles. The summed E-state index contributed by atoms with van der Waals surface area (Å²) in [5, 5.41) is 2.98. The second kappa shape index (κ2) is 10.5. The van der Waals surface area contributed by atoms with E-state index in [4.69, 9.17) is 5.73 Å². The van der Waals surface area contributed by atoms with Crippen molar-refractivity contribution in [1.29, 1.82) is 0 Å². The van der Waals surface area contributed by atoms with Crippen molar-refractivity contribution in [3.63, 3.8) is 0 Å². The van der Waals surface area contributed by atoms with Gasteiger partial charge in [0.25, 0.3) is 0 Å². The van der Waals surface area contributed by atoms with Gasteiger partial charge in [0.1, 0.15) is 0 Å². The molecule has 1 rings (SSSR count). The van der Waals surface area contributed by atoms with Crippen LogP contribution in [0.15, 0.2) is 35.3 Å². The quantitative estimate of drug-likeness (QED) is 0.445. The number of para-hydroxylation sites is 1. The molecule has 5 nitrogen and oxygen atoms in total. The lowest BCUT2D eigenvalue weighted by Crippen LogP contribution is -2.31. The minimum absolute atomic E-state index is 0. The summed E-state index contributed by atoms with van der Waals surface area (Å²) < 4.78 is 0. The number of nitrogens with zero attached hydrogens (tertiary/aromatic N) is 2. The molecule has 0 bridgehead atoms. The minimum atomic E-state index is 0. The van der Waals surface area contributed by atoms with Crippen LogP contribution in [0, 0.1) is 0 Å². The van der Waals surface area contributed by atoms with Crippen molar-refractivity contribution >= 4 is 41.5 Å². The molecule has 1 aromatic rings. The van der Waals surface area contributed by atoms with Gasteiger partial charge in [-0.2, -0.15) is 0 Å². The van der Waals surface area contributed by atoms with Crippen LogP contribution in [0.25, 0.3) is 0 Å². The Morgan fingerprint density at radius 3 is 2.40 bits per heavy atom. The van der Waals surface area contributed by atoms with E-state index in [0.29, 0.717) is 18.9 Å². The number of hydrogen-bond acceptors (Lipinski definition) is 2. The molecule has 0 saturated carbocycles. The van der Waals surface area contributed by atoms with Crippen LogP contribution in [0.5, 0.6) is 0 Å². The van der Waals surface area contributed by atoms with Crippen LogP contribution in [0.3, 0.4) is 0 Å². The number of hydrogen-bond donors (Lipinski definition) is 2. The molecule has 20 heavy (non-hydrogen) atoms. The third-order valence-corrected chi connectivity index (χ3v) is 2.77. The maximum Gasteiger partial charge on any atom is 0.224 e. The smallest absolute Gasteiger partial charge is 0.224 e. The van der Waals surface area contributed by atoms with Gasteiger partial charge in [0.05, 0.1) is 6.54 Å². The number of nitrogens with two attached hydrogens (primary N) is 1. The van der Waals surface area contributed by atoms with E-state index in [1.807, 2.05) is 44.2 Å². The van der Waals surface area contributed by atoms with Crippen molar-refractivity contribution in [2.45, 2.75) is 20.3 Å². The summed E-state index contributed by atoms with van der Waals surface area (Å²) >= 11 is 0. The fraction of sp³-hybridized carbons (Fsp3) is 0.429. The van der Waals surface area contributed by atoms with Gasteiger partial charge in [0.2, 0.25) is 5.91 Å². The Balaban J connectivity index is 0.00000361. The van der Waals surface area contributed by atoms with Crippen molar-refractivity contribution in [1.82, 2.24) is 4.90 Å². The lowest BCUT2D eigenvalue weighted by molar-refractivity contribution is -0.130. The van der Waals surface area contributed by atoms with Gasteiger partial charge < -0.3 is 16.0 Å². The largest absolute Gasteiger partial charge is 0.370 e. The summed E-state index contributed by atoms with van der Waals surface area (Å²) in [6, 6.07) is 9.58. The van der Waals surface area contributed by atoms with Crippen molar-refractivity contribution in [3.05, 3.63) is 30.3 Å². The number of guanidine groups is 1. The Kier molecular flexibility index (Phi) is 9.79. The number of benzene rings is 1. The molecular formula is C14H23IN4O. The number of rotatable bonds is 6. The third-order valence-electron chi connectivity index (χ3n) is 2.77. The summed E-state index contributed by atoms with van der Waals surface area (Å²) in [4.78, 5) is 17.7. The van der Waals surface area contributed by atoms with Crippen LogP contribution in [0.4, 0.5) is 5.69 Å². The van der Waals surface area contributed by atoms with Gasteiger partial charge in [-0.3, -0.25) is 9.79 Å². The molecule has 1 amide bonds. The van der Waals surface area contributed by atoms with Crippen LogP contribution in [-0.4, -0.2) is 36.4 Å².